The minimum atomic E-state index is -0.558. The van der Waals surface area contributed by atoms with E-state index in [-0.39, 0.29) is 41.8 Å². The fourth-order valence-electron chi connectivity index (χ4n) is 3.64. The van der Waals surface area contributed by atoms with Crippen molar-refractivity contribution in [3.8, 4) is 0 Å². The topological polar surface area (TPSA) is 55.1 Å². The SMILES string of the molecule is Cl.NCC1CCCCC1NC(=O)C1CC1c1c(F)cccc1F. The van der Waals surface area contributed by atoms with Crippen LogP contribution in [0.5, 0.6) is 0 Å². The van der Waals surface area contributed by atoms with E-state index in [1.165, 1.54) is 18.2 Å². The third-order valence-corrected chi connectivity index (χ3v) is 5.04. The van der Waals surface area contributed by atoms with E-state index < -0.39 is 11.6 Å². The van der Waals surface area contributed by atoms with Crippen molar-refractivity contribution < 1.29 is 13.6 Å². The number of rotatable bonds is 4. The third-order valence-electron chi connectivity index (χ3n) is 5.04. The van der Waals surface area contributed by atoms with Crippen molar-refractivity contribution >= 4 is 18.3 Å². The molecule has 3 N–H and O–H groups in total. The van der Waals surface area contributed by atoms with E-state index in [4.69, 9.17) is 5.73 Å². The molecule has 2 aliphatic rings. The molecular formula is C17H23ClF2N2O. The Hall–Kier alpha value is -1.20. The molecule has 4 atom stereocenters. The number of nitrogens with two attached hydrogens (primary N) is 1. The number of carbonyl (C=O) groups is 1. The number of hydrogen-bond donors (Lipinski definition) is 2. The Morgan fingerprint density at radius 2 is 1.87 bits per heavy atom. The van der Waals surface area contributed by atoms with E-state index in [1.807, 2.05) is 0 Å². The summed E-state index contributed by atoms with van der Waals surface area (Å²) in [5, 5.41) is 3.06. The van der Waals surface area contributed by atoms with Gasteiger partial charge in [0, 0.05) is 23.4 Å². The van der Waals surface area contributed by atoms with Gasteiger partial charge in [0.2, 0.25) is 5.91 Å². The first-order chi connectivity index (χ1) is 10.6. The molecule has 6 heteroatoms. The highest BCUT2D eigenvalue weighted by Gasteiger charge is 2.47. The van der Waals surface area contributed by atoms with Crippen LogP contribution >= 0.6 is 12.4 Å². The van der Waals surface area contributed by atoms with Crippen LogP contribution in [0.1, 0.15) is 43.6 Å². The maximum Gasteiger partial charge on any atom is 0.223 e. The quantitative estimate of drug-likeness (QED) is 0.881. The van der Waals surface area contributed by atoms with Crippen LogP contribution in [0.15, 0.2) is 18.2 Å². The lowest BCUT2D eigenvalue weighted by molar-refractivity contribution is -0.123. The van der Waals surface area contributed by atoms with E-state index in [1.54, 1.807) is 0 Å². The average molecular weight is 345 g/mol. The van der Waals surface area contributed by atoms with Gasteiger partial charge in [-0.05, 0) is 43.9 Å². The first kappa shape index (κ1) is 18.1. The zero-order valence-electron chi connectivity index (χ0n) is 12.9. The van der Waals surface area contributed by atoms with Crippen LogP contribution in [0.25, 0.3) is 0 Å². The van der Waals surface area contributed by atoms with E-state index in [0.717, 1.165) is 25.7 Å². The lowest BCUT2D eigenvalue weighted by Crippen LogP contribution is -2.45. The molecule has 0 heterocycles. The summed E-state index contributed by atoms with van der Waals surface area (Å²) in [5.41, 5.74) is 5.83. The van der Waals surface area contributed by atoms with Gasteiger partial charge in [-0.15, -0.1) is 12.4 Å². The van der Waals surface area contributed by atoms with Gasteiger partial charge in [0.1, 0.15) is 11.6 Å². The smallest absolute Gasteiger partial charge is 0.223 e. The van der Waals surface area contributed by atoms with E-state index in [9.17, 15) is 13.6 Å². The maximum atomic E-state index is 13.8. The normalized spacial score (nSPS) is 29.5. The molecule has 2 saturated carbocycles. The Balaban J connectivity index is 0.00000192. The highest BCUT2D eigenvalue weighted by atomic mass is 35.5. The highest BCUT2D eigenvalue weighted by molar-refractivity contribution is 5.85. The summed E-state index contributed by atoms with van der Waals surface area (Å²) in [6.07, 6.45) is 4.75. The second-order valence-corrected chi connectivity index (χ2v) is 6.48. The lowest BCUT2D eigenvalue weighted by Gasteiger charge is -2.31. The van der Waals surface area contributed by atoms with Gasteiger partial charge < -0.3 is 11.1 Å². The Bertz CT molecular complexity index is 549. The zero-order valence-corrected chi connectivity index (χ0v) is 13.8. The summed E-state index contributed by atoms with van der Waals surface area (Å²) >= 11 is 0. The number of hydrogen-bond acceptors (Lipinski definition) is 2. The molecule has 0 aliphatic heterocycles. The number of benzene rings is 1. The van der Waals surface area contributed by atoms with Crippen LogP contribution in [0, 0.1) is 23.5 Å². The molecule has 0 bridgehead atoms. The molecule has 4 unspecified atom stereocenters. The largest absolute Gasteiger partial charge is 0.353 e. The second-order valence-electron chi connectivity index (χ2n) is 6.48. The first-order valence-corrected chi connectivity index (χ1v) is 8.06. The van der Waals surface area contributed by atoms with Gasteiger partial charge in [0.05, 0.1) is 0 Å². The Morgan fingerprint density at radius 1 is 1.22 bits per heavy atom. The highest BCUT2D eigenvalue weighted by Crippen LogP contribution is 2.49. The van der Waals surface area contributed by atoms with Crippen molar-refractivity contribution in [1.82, 2.24) is 5.32 Å². The van der Waals surface area contributed by atoms with Crippen LogP contribution < -0.4 is 11.1 Å². The lowest BCUT2D eigenvalue weighted by atomic mass is 9.84. The molecule has 1 aromatic carbocycles. The van der Waals surface area contributed by atoms with Gasteiger partial charge in [-0.2, -0.15) is 0 Å². The molecular weight excluding hydrogens is 322 g/mol. The molecule has 3 nitrogen and oxygen atoms in total. The van der Waals surface area contributed by atoms with Gasteiger partial charge in [-0.3, -0.25) is 4.79 Å². The summed E-state index contributed by atoms with van der Waals surface area (Å²) < 4.78 is 27.5. The Morgan fingerprint density at radius 3 is 2.52 bits per heavy atom. The average Bonchev–Trinajstić information content (AvgIpc) is 3.28. The van der Waals surface area contributed by atoms with Crippen molar-refractivity contribution in [3.63, 3.8) is 0 Å². The maximum absolute atomic E-state index is 13.8. The van der Waals surface area contributed by atoms with Crippen molar-refractivity contribution in [1.29, 1.82) is 0 Å². The predicted octanol–water partition coefficient (Wildman–Crippen LogP) is 3.12. The van der Waals surface area contributed by atoms with Gasteiger partial charge in [0.15, 0.2) is 0 Å². The Kier molecular flexibility index (Phi) is 5.98. The molecule has 2 aliphatic carbocycles. The summed E-state index contributed by atoms with van der Waals surface area (Å²) in [6, 6.07) is 3.95. The molecule has 3 rings (SSSR count). The van der Waals surface area contributed by atoms with Crippen molar-refractivity contribution in [2.75, 3.05) is 6.54 Å². The van der Waals surface area contributed by atoms with E-state index in [2.05, 4.69) is 5.32 Å². The minimum Gasteiger partial charge on any atom is -0.353 e. The van der Waals surface area contributed by atoms with Crippen LogP contribution in [-0.4, -0.2) is 18.5 Å². The summed E-state index contributed by atoms with van der Waals surface area (Å²) in [7, 11) is 0. The molecule has 2 fully saturated rings. The molecule has 0 saturated heterocycles. The molecule has 1 amide bonds. The predicted molar refractivity (Wildman–Crippen MR) is 87.4 cm³/mol. The number of nitrogens with one attached hydrogen (secondary N) is 1. The first-order valence-electron chi connectivity index (χ1n) is 8.06. The van der Waals surface area contributed by atoms with Gasteiger partial charge >= 0.3 is 0 Å². The fourth-order valence-corrected chi connectivity index (χ4v) is 3.64. The third kappa shape index (κ3) is 3.83. The Labute approximate surface area is 141 Å². The van der Waals surface area contributed by atoms with Gasteiger partial charge in [-0.25, -0.2) is 8.78 Å². The van der Waals surface area contributed by atoms with Crippen molar-refractivity contribution in [2.45, 2.75) is 44.1 Å². The minimum absolute atomic E-state index is 0. The summed E-state index contributed by atoms with van der Waals surface area (Å²) in [4.78, 5) is 12.3. The van der Waals surface area contributed by atoms with Crippen molar-refractivity contribution in [3.05, 3.63) is 35.4 Å². The standard InChI is InChI=1S/C17H22F2N2O.ClH/c18-13-5-3-6-14(19)16(13)11-8-12(11)17(22)21-15-7-2-1-4-10(15)9-20;/h3,5-6,10-12,15H,1-2,4,7-9,20H2,(H,21,22);1H. The number of halogens is 3. The van der Waals surface area contributed by atoms with E-state index in [0.29, 0.717) is 18.9 Å². The molecule has 0 aromatic heterocycles. The zero-order chi connectivity index (χ0) is 15.7. The molecule has 128 valence electrons. The van der Waals surface area contributed by atoms with Crippen LogP contribution in [0.3, 0.4) is 0 Å². The van der Waals surface area contributed by atoms with Gasteiger partial charge in [0.25, 0.3) is 0 Å². The second kappa shape index (κ2) is 7.58. The summed E-state index contributed by atoms with van der Waals surface area (Å²) in [5.74, 6) is -1.53. The monoisotopic (exact) mass is 344 g/mol. The van der Waals surface area contributed by atoms with Crippen LogP contribution in [0.4, 0.5) is 8.78 Å². The fraction of sp³-hybridized carbons (Fsp3) is 0.588. The van der Waals surface area contributed by atoms with Crippen LogP contribution in [0.2, 0.25) is 0 Å². The van der Waals surface area contributed by atoms with Gasteiger partial charge in [-0.1, -0.05) is 18.9 Å². The van der Waals surface area contributed by atoms with Crippen LogP contribution in [-0.2, 0) is 4.79 Å². The molecule has 0 spiro atoms. The summed E-state index contributed by atoms with van der Waals surface area (Å²) in [6.45, 7) is 0.570. The van der Waals surface area contributed by atoms with E-state index >= 15 is 0 Å². The molecule has 1 aromatic rings. The molecule has 0 radical (unpaired) electrons. The van der Waals surface area contributed by atoms with Crippen molar-refractivity contribution in [2.24, 2.45) is 17.6 Å². The number of carbonyl (C=O) groups excluding carboxylic acids is 1. The number of amides is 1. The molecule has 23 heavy (non-hydrogen) atoms.